The molecule has 1 N–H and O–H groups in total. The van der Waals surface area contributed by atoms with Crippen molar-refractivity contribution in [2.45, 2.75) is 13.0 Å². The number of pyridine rings is 1. The maximum absolute atomic E-state index is 12.4. The molecule has 6 heteroatoms. The fourth-order valence-corrected chi connectivity index (χ4v) is 2.39. The molecule has 6 nitrogen and oxygen atoms in total. The van der Waals surface area contributed by atoms with Crippen molar-refractivity contribution in [2.75, 3.05) is 25.0 Å². The third-order valence-corrected chi connectivity index (χ3v) is 3.57. The average molecular weight is 313 g/mol. The lowest BCUT2D eigenvalue weighted by Gasteiger charge is -2.30. The lowest BCUT2D eigenvalue weighted by molar-refractivity contribution is 0.0693. The zero-order valence-corrected chi connectivity index (χ0v) is 12.9. The van der Waals surface area contributed by atoms with Crippen molar-refractivity contribution in [3.05, 3.63) is 48.8 Å². The molecule has 0 saturated heterocycles. The van der Waals surface area contributed by atoms with E-state index in [9.17, 15) is 4.79 Å². The second kappa shape index (κ2) is 7.00. The van der Waals surface area contributed by atoms with Crippen LogP contribution in [0, 0.1) is 0 Å². The van der Waals surface area contributed by atoms with E-state index in [0.717, 1.165) is 5.75 Å². The summed E-state index contributed by atoms with van der Waals surface area (Å²) in [5.41, 5.74) is 0.669. The molecule has 1 atom stereocenters. The first-order valence-electron chi connectivity index (χ1n) is 7.60. The summed E-state index contributed by atoms with van der Waals surface area (Å²) in [6.45, 7) is 3.39. The van der Waals surface area contributed by atoms with E-state index in [1.54, 1.807) is 29.4 Å². The Balaban J connectivity index is 1.60. The van der Waals surface area contributed by atoms with Crippen LogP contribution in [-0.2, 0) is 0 Å². The van der Waals surface area contributed by atoms with Crippen LogP contribution in [0.25, 0.3) is 0 Å². The first kappa shape index (κ1) is 15.1. The second-order valence-electron chi connectivity index (χ2n) is 5.21. The third-order valence-electron chi connectivity index (χ3n) is 3.57. The van der Waals surface area contributed by atoms with E-state index in [2.05, 4.69) is 10.3 Å². The number of amides is 2. The second-order valence-corrected chi connectivity index (χ2v) is 5.21. The number of anilines is 1. The van der Waals surface area contributed by atoms with Crippen molar-refractivity contribution in [3.63, 3.8) is 0 Å². The van der Waals surface area contributed by atoms with Crippen LogP contribution in [0.1, 0.15) is 6.92 Å². The number of hydrogen-bond donors (Lipinski definition) is 1. The number of carbonyl (C=O) groups is 1. The molecule has 0 saturated carbocycles. The Hall–Kier alpha value is -2.76. The number of aromatic nitrogens is 1. The summed E-state index contributed by atoms with van der Waals surface area (Å²) < 4.78 is 11.6. The van der Waals surface area contributed by atoms with Crippen molar-refractivity contribution >= 4 is 11.7 Å². The number of rotatable bonds is 4. The van der Waals surface area contributed by atoms with Crippen LogP contribution in [0.4, 0.5) is 10.5 Å². The van der Waals surface area contributed by atoms with Gasteiger partial charge in [0.2, 0.25) is 0 Å². The monoisotopic (exact) mass is 313 g/mol. The summed E-state index contributed by atoms with van der Waals surface area (Å²) in [7, 11) is 0. The fourth-order valence-electron chi connectivity index (χ4n) is 2.39. The minimum Gasteiger partial charge on any atom is -0.486 e. The normalized spacial score (nSPS) is 15.8. The fraction of sp³-hybridized carbons (Fsp3) is 0.294. The largest absolute Gasteiger partial charge is 0.486 e. The van der Waals surface area contributed by atoms with Gasteiger partial charge in [-0.1, -0.05) is 12.1 Å². The van der Waals surface area contributed by atoms with Gasteiger partial charge < -0.3 is 19.7 Å². The highest BCUT2D eigenvalue weighted by Gasteiger charge is 2.24. The number of urea groups is 1. The zero-order valence-electron chi connectivity index (χ0n) is 12.9. The van der Waals surface area contributed by atoms with Gasteiger partial charge in [0.05, 0.1) is 18.4 Å². The number of likely N-dealkylation sites (N-methyl/N-ethyl adjacent to an activating group) is 1. The van der Waals surface area contributed by atoms with Gasteiger partial charge in [-0.15, -0.1) is 0 Å². The molecule has 0 radical (unpaired) electrons. The lowest BCUT2D eigenvalue weighted by Crippen LogP contribution is -2.45. The molecule has 3 rings (SSSR count). The first-order chi connectivity index (χ1) is 11.3. The van der Waals surface area contributed by atoms with Crippen molar-refractivity contribution < 1.29 is 14.3 Å². The molecule has 2 heterocycles. The molecule has 1 aromatic heterocycles. The number of hydrogen-bond acceptors (Lipinski definition) is 4. The van der Waals surface area contributed by atoms with E-state index in [-0.39, 0.29) is 12.1 Å². The van der Waals surface area contributed by atoms with Crippen LogP contribution in [0.5, 0.6) is 11.5 Å². The highest BCUT2D eigenvalue weighted by molar-refractivity contribution is 5.89. The van der Waals surface area contributed by atoms with E-state index in [4.69, 9.17) is 9.47 Å². The molecular formula is C17H19N3O3. The Labute approximate surface area is 135 Å². The molecular weight excluding hydrogens is 294 g/mol. The van der Waals surface area contributed by atoms with Gasteiger partial charge in [-0.05, 0) is 31.2 Å². The summed E-state index contributed by atoms with van der Waals surface area (Å²) >= 11 is 0. The van der Waals surface area contributed by atoms with Crippen LogP contribution < -0.4 is 14.8 Å². The average Bonchev–Trinajstić information content (AvgIpc) is 2.60. The van der Waals surface area contributed by atoms with Gasteiger partial charge in [0, 0.05) is 12.7 Å². The van der Waals surface area contributed by atoms with E-state index in [1.165, 1.54) is 0 Å². The molecule has 2 amide bonds. The topological polar surface area (TPSA) is 63.7 Å². The number of fused-ring (bicyclic) bond motifs is 1. The van der Waals surface area contributed by atoms with Crippen LogP contribution >= 0.6 is 0 Å². The number of ether oxygens (including phenoxy) is 2. The number of carbonyl (C=O) groups excluding carboxylic acids is 1. The minimum atomic E-state index is -0.190. The number of para-hydroxylation sites is 2. The molecule has 2 aromatic rings. The van der Waals surface area contributed by atoms with Crippen LogP contribution in [0.3, 0.4) is 0 Å². The number of nitrogens with zero attached hydrogens (tertiary/aromatic N) is 2. The van der Waals surface area contributed by atoms with Gasteiger partial charge in [-0.2, -0.15) is 0 Å². The predicted molar refractivity (Wildman–Crippen MR) is 86.9 cm³/mol. The van der Waals surface area contributed by atoms with Gasteiger partial charge in [0.25, 0.3) is 0 Å². The highest BCUT2D eigenvalue weighted by atomic mass is 16.6. The molecule has 1 aliphatic rings. The van der Waals surface area contributed by atoms with Crippen LogP contribution in [0.2, 0.25) is 0 Å². The number of benzene rings is 1. The van der Waals surface area contributed by atoms with Crippen LogP contribution in [0.15, 0.2) is 48.8 Å². The summed E-state index contributed by atoms with van der Waals surface area (Å²) in [6.07, 6.45) is 3.09. The SMILES string of the molecule is CCN(CC1COc2ccccc2O1)C(=O)Nc1cccnc1. The summed E-state index contributed by atoms with van der Waals surface area (Å²) in [4.78, 5) is 18.0. The molecule has 0 spiro atoms. The van der Waals surface area contributed by atoms with Crippen molar-refractivity contribution in [2.24, 2.45) is 0 Å². The van der Waals surface area contributed by atoms with Gasteiger partial charge in [0.15, 0.2) is 17.6 Å². The molecule has 0 bridgehead atoms. The van der Waals surface area contributed by atoms with Crippen molar-refractivity contribution in [3.8, 4) is 11.5 Å². The predicted octanol–water partition coefficient (Wildman–Crippen LogP) is 2.78. The van der Waals surface area contributed by atoms with Crippen molar-refractivity contribution in [1.82, 2.24) is 9.88 Å². The lowest BCUT2D eigenvalue weighted by atomic mass is 10.2. The summed E-state index contributed by atoms with van der Waals surface area (Å²) in [5, 5.41) is 2.83. The molecule has 1 unspecified atom stereocenters. The van der Waals surface area contributed by atoms with Crippen LogP contribution in [-0.4, -0.2) is 41.7 Å². The smallest absolute Gasteiger partial charge is 0.322 e. The molecule has 1 aliphatic heterocycles. The van der Waals surface area contributed by atoms with E-state index in [1.807, 2.05) is 31.2 Å². The Bertz CT molecular complexity index is 663. The van der Waals surface area contributed by atoms with Gasteiger partial charge in [-0.25, -0.2) is 4.79 Å². The summed E-state index contributed by atoms with van der Waals surface area (Å²) in [5.74, 6) is 1.46. The molecule has 0 fully saturated rings. The van der Waals surface area contributed by atoms with Gasteiger partial charge in [0.1, 0.15) is 6.61 Å². The highest BCUT2D eigenvalue weighted by Crippen LogP contribution is 2.31. The Kier molecular flexibility index (Phi) is 4.61. The standard InChI is InChI=1S/C17H19N3O3/c1-2-20(17(21)19-13-6-5-9-18-10-13)11-14-12-22-15-7-3-4-8-16(15)23-14/h3-10,14H,2,11-12H2,1H3,(H,19,21). The molecule has 1 aromatic carbocycles. The quantitative estimate of drug-likeness (QED) is 0.942. The third kappa shape index (κ3) is 3.71. The van der Waals surface area contributed by atoms with Crippen molar-refractivity contribution in [1.29, 1.82) is 0 Å². The minimum absolute atomic E-state index is 0.178. The Morgan fingerprint density at radius 3 is 2.87 bits per heavy atom. The molecule has 0 aliphatic carbocycles. The summed E-state index contributed by atoms with van der Waals surface area (Å²) in [6, 6.07) is 10.9. The zero-order chi connectivity index (χ0) is 16.1. The maximum Gasteiger partial charge on any atom is 0.322 e. The van der Waals surface area contributed by atoms with E-state index in [0.29, 0.717) is 31.1 Å². The molecule has 120 valence electrons. The maximum atomic E-state index is 12.4. The Morgan fingerprint density at radius 1 is 1.30 bits per heavy atom. The van der Waals surface area contributed by atoms with E-state index >= 15 is 0 Å². The van der Waals surface area contributed by atoms with E-state index < -0.39 is 0 Å². The number of nitrogens with one attached hydrogen (secondary N) is 1. The molecule has 23 heavy (non-hydrogen) atoms. The van der Waals surface area contributed by atoms with Gasteiger partial charge >= 0.3 is 6.03 Å². The Morgan fingerprint density at radius 2 is 2.13 bits per heavy atom. The first-order valence-corrected chi connectivity index (χ1v) is 7.60. The van der Waals surface area contributed by atoms with Gasteiger partial charge in [-0.3, -0.25) is 4.98 Å².